The summed E-state index contributed by atoms with van der Waals surface area (Å²) in [5.41, 5.74) is 0. The number of rotatable bonds is 10. The Labute approximate surface area is 118 Å². The smallest absolute Gasteiger partial charge is 0.306 e. The van der Waals surface area contributed by atoms with Crippen molar-refractivity contribution in [2.75, 3.05) is 19.4 Å². The highest BCUT2D eigenvalue weighted by molar-refractivity contribution is 7.88. The number of sulfonamides is 1. The maximum absolute atomic E-state index is 11.3. The van der Waals surface area contributed by atoms with Gasteiger partial charge in [0.2, 0.25) is 10.0 Å². The summed E-state index contributed by atoms with van der Waals surface area (Å²) in [6.07, 6.45) is -0.324. The zero-order valence-electron chi connectivity index (χ0n) is 11.8. The zero-order chi connectivity index (χ0) is 15.8. The van der Waals surface area contributed by atoms with Gasteiger partial charge >= 0.3 is 11.9 Å². The van der Waals surface area contributed by atoms with Crippen molar-refractivity contribution in [3.63, 3.8) is 0 Å². The topological polar surface area (TPSA) is 119 Å². The molecule has 2 N–H and O–H groups in total. The molecule has 0 aromatic heterocycles. The Morgan fingerprint density at radius 2 is 1.85 bits per heavy atom. The summed E-state index contributed by atoms with van der Waals surface area (Å²) in [6.45, 7) is 3.36. The fraction of sp³-hybridized carbons (Fsp3) is 0.818. The Morgan fingerprint density at radius 1 is 1.25 bits per heavy atom. The number of esters is 1. The van der Waals surface area contributed by atoms with Crippen molar-refractivity contribution in [1.29, 1.82) is 0 Å². The van der Waals surface area contributed by atoms with Crippen molar-refractivity contribution in [3.8, 4) is 0 Å². The molecule has 8 nitrogen and oxygen atoms in total. The third-order valence-electron chi connectivity index (χ3n) is 2.01. The standard InChI is InChI=1S/C11H21NO7S/c1-8(2)19-9(6-12-20(3,16)17)7-18-11(15)5-4-10(13)14/h8-9,12H,4-7H2,1-3H3,(H,13,14)/t9-/m0/s1. The number of hydrogen-bond acceptors (Lipinski definition) is 6. The van der Waals surface area contributed by atoms with Gasteiger partial charge in [0.1, 0.15) is 12.7 Å². The average Bonchev–Trinajstić information content (AvgIpc) is 2.28. The second kappa shape index (κ2) is 8.88. The first-order valence-electron chi connectivity index (χ1n) is 6.07. The third kappa shape index (κ3) is 11.9. The fourth-order valence-corrected chi connectivity index (χ4v) is 1.73. The van der Waals surface area contributed by atoms with Gasteiger partial charge in [-0.2, -0.15) is 0 Å². The van der Waals surface area contributed by atoms with Gasteiger partial charge in [0.05, 0.1) is 25.2 Å². The van der Waals surface area contributed by atoms with Crippen molar-refractivity contribution in [1.82, 2.24) is 4.72 Å². The molecule has 20 heavy (non-hydrogen) atoms. The summed E-state index contributed by atoms with van der Waals surface area (Å²) in [5.74, 6) is -1.75. The normalized spacial score (nSPS) is 13.2. The molecule has 0 saturated heterocycles. The van der Waals surface area contributed by atoms with Crippen LogP contribution in [0.3, 0.4) is 0 Å². The van der Waals surface area contributed by atoms with Crippen LogP contribution in [0.5, 0.6) is 0 Å². The first kappa shape index (κ1) is 18.8. The molecule has 0 spiro atoms. The van der Waals surface area contributed by atoms with E-state index in [4.69, 9.17) is 14.6 Å². The van der Waals surface area contributed by atoms with E-state index in [2.05, 4.69) is 4.72 Å². The fourth-order valence-electron chi connectivity index (χ4n) is 1.24. The van der Waals surface area contributed by atoms with E-state index in [0.29, 0.717) is 0 Å². The molecule has 0 saturated carbocycles. The molecule has 0 aromatic rings. The molecule has 0 radical (unpaired) electrons. The highest BCUT2D eigenvalue weighted by atomic mass is 32.2. The average molecular weight is 311 g/mol. The molecule has 9 heteroatoms. The number of nitrogens with one attached hydrogen (secondary N) is 1. The van der Waals surface area contributed by atoms with Crippen molar-refractivity contribution in [3.05, 3.63) is 0 Å². The number of aliphatic carboxylic acids is 1. The summed E-state index contributed by atoms with van der Waals surface area (Å²) in [4.78, 5) is 21.6. The zero-order valence-corrected chi connectivity index (χ0v) is 12.6. The third-order valence-corrected chi connectivity index (χ3v) is 2.70. The Balaban J connectivity index is 4.22. The van der Waals surface area contributed by atoms with Crippen LogP contribution in [0.2, 0.25) is 0 Å². The van der Waals surface area contributed by atoms with Crippen LogP contribution in [0.1, 0.15) is 26.7 Å². The van der Waals surface area contributed by atoms with Crippen LogP contribution in [-0.4, -0.2) is 57.1 Å². The Morgan fingerprint density at radius 3 is 2.30 bits per heavy atom. The Bertz CT molecular complexity index is 418. The molecule has 0 rings (SSSR count). The van der Waals surface area contributed by atoms with Gasteiger partial charge in [-0.15, -0.1) is 0 Å². The molecule has 0 unspecified atom stereocenters. The second-order valence-corrected chi connectivity index (χ2v) is 6.34. The maximum atomic E-state index is 11.3. The van der Waals surface area contributed by atoms with Crippen LogP contribution in [0.15, 0.2) is 0 Å². The molecule has 118 valence electrons. The van der Waals surface area contributed by atoms with E-state index in [1.165, 1.54) is 0 Å². The first-order valence-corrected chi connectivity index (χ1v) is 7.97. The second-order valence-electron chi connectivity index (χ2n) is 4.50. The van der Waals surface area contributed by atoms with E-state index in [1.54, 1.807) is 13.8 Å². The molecule has 0 amide bonds. The van der Waals surface area contributed by atoms with Gasteiger partial charge in [0.25, 0.3) is 0 Å². The SMILES string of the molecule is CC(C)O[C@@H](CNS(C)(=O)=O)COC(=O)CCC(=O)O. The lowest BCUT2D eigenvalue weighted by Gasteiger charge is -2.20. The predicted molar refractivity (Wildman–Crippen MR) is 70.7 cm³/mol. The molecule has 0 aromatic carbocycles. The number of carboxylic acid groups (broad SMARTS) is 1. The minimum atomic E-state index is -3.36. The lowest BCUT2D eigenvalue weighted by Crippen LogP contribution is -2.37. The number of hydrogen-bond donors (Lipinski definition) is 2. The summed E-state index contributed by atoms with van der Waals surface area (Å²) in [6, 6.07) is 0. The van der Waals surface area contributed by atoms with Crippen molar-refractivity contribution < 1.29 is 32.6 Å². The number of ether oxygens (including phenoxy) is 2. The highest BCUT2D eigenvalue weighted by Crippen LogP contribution is 2.01. The summed E-state index contributed by atoms with van der Waals surface area (Å²) < 4.78 is 34.5. The maximum Gasteiger partial charge on any atom is 0.306 e. The Kier molecular flexibility index (Phi) is 8.35. The Hall–Kier alpha value is -1.19. The van der Waals surface area contributed by atoms with E-state index >= 15 is 0 Å². The summed E-state index contributed by atoms with van der Waals surface area (Å²) >= 11 is 0. The molecular formula is C11H21NO7S. The van der Waals surface area contributed by atoms with Crippen LogP contribution in [0.4, 0.5) is 0 Å². The van der Waals surface area contributed by atoms with Gasteiger partial charge in [-0.25, -0.2) is 13.1 Å². The number of carbonyl (C=O) groups is 2. The van der Waals surface area contributed by atoms with Gasteiger partial charge < -0.3 is 14.6 Å². The van der Waals surface area contributed by atoms with Crippen LogP contribution in [-0.2, 0) is 29.1 Å². The monoisotopic (exact) mass is 311 g/mol. The lowest BCUT2D eigenvalue weighted by atomic mass is 10.3. The van der Waals surface area contributed by atoms with Crippen LogP contribution < -0.4 is 4.72 Å². The van der Waals surface area contributed by atoms with E-state index < -0.39 is 28.1 Å². The number of carboxylic acids is 1. The predicted octanol–water partition coefficient (Wildman–Crippen LogP) is -0.263. The van der Waals surface area contributed by atoms with E-state index in [1.807, 2.05) is 0 Å². The van der Waals surface area contributed by atoms with Gasteiger partial charge in [0.15, 0.2) is 0 Å². The minimum Gasteiger partial charge on any atom is -0.481 e. The van der Waals surface area contributed by atoms with Gasteiger partial charge in [-0.05, 0) is 13.8 Å². The van der Waals surface area contributed by atoms with Gasteiger partial charge in [0, 0.05) is 6.54 Å². The molecular weight excluding hydrogens is 290 g/mol. The molecule has 0 aliphatic carbocycles. The van der Waals surface area contributed by atoms with Crippen LogP contribution >= 0.6 is 0 Å². The molecule has 0 bridgehead atoms. The summed E-state index contributed by atoms with van der Waals surface area (Å²) in [5, 5.41) is 8.42. The molecule has 1 atom stereocenters. The van der Waals surface area contributed by atoms with E-state index in [9.17, 15) is 18.0 Å². The van der Waals surface area contributed by atoms with E-state index in [0.717, 1.165) is 6.26 Å². The summed E-state index contributed by atoms with van der Waals surface area (Å²) in [7, 11) is -3.36. The largest absolute Gasteiger partial charge is 0.481 e. The van der Waals surface area contributed by atoms with Crippen molar-refractivity contribution in [2.24, 2.45) is 0 Å². The molecule has 0 fully saturated rings. The van der Waals surface area contributed by atoms with Crippen molar-refractivity contribution >= 4 is 22.0 Å². The van der Waals surface area contributed by atoms with Crippen molar-refractivity contribution in [2.45, 2.75) is 38.9 Å². The lowest BCUT2D eigenvalue weighted by molar-refractivity contribution is -0.151. The van der Waals surface area contributed by atoms with Gasteiger partial charge in [-0.1, -0.05) is 0 Å². The molecule has 0 aliphatic heterocycles. The highest BCUT2D eigenvalue weighted by Gasteiger charge is 2.16. The van der Waals surface area contributed by atoms with Crippen LogP contribution in [0, 0.1) is 0 Å². The van der Waals surface area contributed by atoms with Crippen LogP contribution in [0.25, 0.3) is 0 Å². The van der Waals surface area contributed by atoms with Gasteiger partial charge in [-0.3, -0.25) is 9.59 Å². The number of carbonyl (C=O) groups excluding carboxylic acids is 1. The molecule has 0 aliphatic rings. The molecule has 0 heterocycles. The first-order chi connectivity index (χ1) is 9.10. The minimum absolute atomic E-state index is 0.0246. The van der Waals surface area contributed by atoms with E-state index in [-0.39, 0.29) is 32.1 Å². The quantitative estimate of drug-likeness (QED) is 0.533.